The molecule has 2 atom stereocenters. The minimum Gasteiger partial charge on any atom is -0.469 e. The molecule has 1 aromatic heterocycles. The van der Waals surface area contributed by atoms with Crippen molar-refractivity contribution in [2.45, 2.75) is 64.3 Å². The molecule has 1 aliphatic rings. The van der Waals surface area contributed by atoms with E-state index in [9.17, 15) is 5.11 Å². The standard InChI is InChI=1S/C15H24O3/c1-14(2)10-12(15(3,4)18-14)13(16)8-7-11-6-5-9-17-11/h5-6,9,12-13,16H,7-8,10H2,1-4H3. The summed E-state index contributed by atoms with van der Waals surface area (Å²) in [6.45, 7) is 8.33. The van der Waals surface area contributed by atoms with E-state index in [1.165, 1.54) is 0 Å². The fourth-order valence-electron chi connectivity index (χ4n) is 3.15. The molecule has 102 valence electrons. The highest BCUT2D eigenvalue weighted by atomic mass is 16.5. The number of furan rings is 1. The van der Waals surface area contributed by atoms with Gasteiger partial charge < -0.3 is 14.3 Å². The Morgan fingerprint density at radius 1 is 1.39 bits per heavy atom. The minimum atomic E-state index is -0.341. The molecule has 2 unspecified atom stereocenters. The fraction of sp³-hybridized carbons (Fsp3) is 0.733. The lowest BCUT2D eigenvalue weighted by Gasteiger charge is -2.30. The van der Waals surface area contributed by atoms with Crippen LogP contribution in [-0.2, 0) is 11.2 Å². The van der Waals surface area contributed by atoms with E-state index in [2.05, 4.69) is 27.7 Å². The highest BCUT2D eigenvalue weighted by Gasteiger charge is 2.48. The Kier molecular flexibility index (Phi) is 3.56. The monoisotopic (exact) mass is 252 g/mol. The summed E-state index contributed by atoms with van der Waals surface area (Å²) in [4.78, 5) is 0. The highest BCUT2D eigenvalue weighted by Crippen LogP contribution is 2.44. The molecule has 18 heavy (non-hydrogen) atoms. The van der Waals surface area contributed by atoms with Crippen LogP contribution in [0, 0.1) is 5.92 Å². The van der Waals surface area contributed by atoms with Crippen molar-refractivity contribution in [1.29, 1.82) is 0 Å². The number of rotatable bonds is 4. The van der Waals surface area contributed by atoms with Gasteiger partial charge in [-0.2, -0.15) is 0 Å². The van der Waals surface area contributed by atoms with E-state index in [4.69, 9.17) is 9.15 Å². The Hall–Kier alpha value is -0.800. The molecule has 1 N–H and O–H groups in total. The Balaban J connectivity index is 1.94. The van der Waals surface area contributed by atoms with Crippen LogP contribution in [-0.4, -0.2) is 22.4 Å². The molecule has 0 aliphatic carbocycles. The quantitative estimate of drug-likeness (QED) is 0.895. The zero-order chi connectivity index (χ0) is 13.4. The van der Waals surface area contributed by atoms with Gasteiger partial charge in [0.25, 0.3) is 0 Å². The molecule has 0 spiro atoms. The predicted molar refractivity (Wildman–Crippen MR) is 70.4 cm³/mol. The second kappa shape index (κ2) is 4.71. The molecular formula is C15H24O3. The van der Waals surface area contributed by atoms with E-state index in [0.717, 1.165) is 25.0 Å². The average molecular weight is 252 g/mol. The van der Waals surface area contributed by atoms with Crippen molar-refractivity contribution < 1.29 is 14.3 Å². The molecule has 0 radical (unpaired) electrons. The van der Waals surface area contributed by atoms with Crippen LogP contribution in [0.15, 0.2) is 22.8 Å². The van der Waals surface area contributed by atoms with Gasteiger partial charge in [0.05, 0.1) is 23.6 Å². The van der Waals surface area contributed by atoms with Crippen LogP contribution in [0.25, 0.3) is 0 Å². The first kappa shape index (κ1) is 13.6. The van der Waals surface area contributed by atoms with Crippen molar-refractivity contribution >= 4 is 0 Å². The Labute approximate surface area is 109 Å². The predicted octanol–water partition coefficient (Wildman–Crippen LogP) is 3.17. The first-order chi connectivity index (χ1) is 8.30. The maximum absolute atomic E-state index is 10.4. The summed E-state index contributed by atoms with van der Waals surface area (Å²) in [5, 5.41) is 10.4. The van der Waals surface area contributed by atoms with Crippen LogP contribution in [0.2, 0.25) is 0 Å². The third-order valence-electron chi connectivity index (χ3n) is 3.87. The molecule has 0 saturated carbocycles. The lowest BCUT2D eigenvalue weighted by Crippen LogP contribution is -2.36. The first-order valence-electron chi connectivity index (χ1n) is 6.71. The summed E-state index contributed by atoms with van der Waals surface area (Å²) in [5.41, 5.74) is -0.397. The van der Waals surface area contributed by atoms with Crippen molar-refractivity contribution in [1.82, 2.24) is 0 Å². The SMILES string of the molecule is CC1(C)CC(C(O)CCc2ccco2)C(C)(C)O1. The van der Waals surface area contributed by atoms with Crippen LogP contribution < -0.4 is 0 Å². The summed E-state index contributed by atoms with van der Waals surface area (Å²) in [7, 11) is 0. The van der Waals surface area contributed by atoms with Gasteiger partial charge in [0.1, 0.15) is 5.76 Å². The average Bonchev–Trinajstić information content (AvgIpc) is 2.80. The number of aliphatic hydroxyl groups is 1. The van der Waals surface area contributed by atoms with Gasteiger partial charge in [-0.15, -0.1) is 0 Å². The smallest absolute Gasteiger partial charge is 0.103 e. The van der Waals surface area contributed by atoms with Crippen molar-refractivity contribution in [2.75, 3.05) is 0 Å². The lowest BCUT2D eigenvalue weighted by atomic mass is 9.81. The van der Waals surface area contributed by atoms with Crippen molar-refractivity contribution in [2.24, 2.45) is 5.92 Å². The van der Waals surface area contributed by atoms with Gasteiger partial charge >= 0.3 is 0 Å². The number of ether oxygens (including phenoxy) is 1. The first-order valence-corrected chi connectivity index (χ1v) is 6.71. The molecule has 1 fully saturated rings. The summed E-state index contributed by atoms with van der Waals surface area (Å²) >= 11 is 0. The van der Waals surface area contributed by atoms with Crippen LogP contribution in [0.1, 0.15) is 46.3 Å². The molecule has 0 aromatic carbocycles. The van der Waals surface area contributed by atoms with Gasteiger partial charge in [-0.05, 0) is 52.7 Å². The Bertz CT molecular complexity index is 378. The molecule has 2 heterocycles. The maximum Gasteiger partial charge on any atom is 0.103 e. The molecule has 2 rings (SSSR count). The molecular weight excluding hydrogens is 228 g/mol. The fourth-order valence-corrected chi connectivity index (χ4v) is 3.15. The van der Waals surface area contributed by atoms with Gasteiger partial charge in [-0.3, -0.25) is 0 Å². The number of hydrogen-bond donors (Lipinski definition) is 1. The van der Waals surface area contributed by atoms with E-state index < -0.39 is 0 Å². The van der Waals surface area contributed by atoms with Gasteiger partial charge in [0, 0.05) is 12.3 Å². The largest absolute Gasteiger partial charge is 0.469 e. The lowest BCUT2D eigenvalue weighted by molar-refractivity contribution is -0.0881. The third-order valence-corrected chi connectivity index (χ3v) is 3.87. The second-order valence-corrected chi connectivity index (χ2v) is 6.46. The Morgan fingerprint density at radius 2 is 2.11 bits per heavy atom. The van der Waals surface area contributed by atoms with E-state index in [-0.39, 0.29) is 23.2 Å². The molecule has 1 saturated heterocycles. The highest BCUT2D eigenvalue weighted by molar-refractivity contribution is 5.01. The van der Waals surface area contributed by atoms with E-state index in [1.807, 2.05) is 12.1 Å². The second-order valence-electron chi connectivity index (χ2n) is 6.46. The number of aryl methyl sites for hydroxylation is 1. The van der Waals surface area contributed by atoms with Crippen LogP contribution in [0.5, 0.6) is 0 Å². The van der Waals surface area contributed by atoms with Crippen molar-refractivity contribution in [3.63, 3.8) is 0 Å². The summed E-state index contributed by atoms with van der Waals surface area (Å²) in [5.74, 6) is 1.12. The molecule has 1 aliphatic heterocycles. The third kappa shape index (κ3) is 2.96. The van der Waals surface area contributed by atoms with E-state index >= 15 is 0 Å². The zero-order valence-corrected chi connectivity index (χ0v) is 11.8. The Morgan fingerprint density at radius 3 is 2.61 bits per heavy atom. The summed E-state index contributed by atoms with van der Waals surface area (Å²) in [6, 6.07) is 3.83. The van der Waals surface area contributed by atoms with Crippen LogP contribution >= 0.6 is 0 Å². The normalized spacial score (nSPS) is 27.3. The summed E-state index contributed by atoms with van der Waals surface area (Å²) in [6.07, 6.45) is 3.74. The van der Waals surface area contributed by atoms with Crippen LogP contribution in [0.3, 0.4) is 0 Å². The van der Waals surface area contributed by atoms with Gasteiger partial charge in [-0.25, -0.2) is 0 Å². The molecule has 0 amide bonds. The minimum absolute atomic E-state index is 0.139. The number of hydrogen-bond acceptors (Lipinski definition) is 3. The topological polar surface area (TPSA) is 42.6 Å². The molecule has 0 bridgehead atoms. The van der Waals surface area contributed by atoms with Crippen molar-refractivity contribution in [3.05, 3.63) is 24.2 Å². The molecule has 1 aromatic rings. The van der Waals surface area contributed by atoms with E-state index in [0.29, 0.717) is 0 Å². The van der Waals surface area contributed by atoms with Gasteiger partial charge in [0.15, 0.2) is 0 Å². The van der Waals surface area contributed by atoms with Gasteiger partial charge in [-0.1, -0.05) is 0 Å². The van der Waals surface area contributed by atoms with Crippen LogP contribution in [0.4, 0.5) is 0 Å². The summed E-state index contributed by atoms with van der Waals surface area (Å²) < 4.78 is 11.3. The zero-order valence-electron chi connectivity index (χ0n) is 11.8. The number of aliphatic hydroxyl groups excluding tert-OH is 1. The maximum atomic E-state index is 10.4. The molecule has 3 heteroatoms. The molecule has 3 nitrogen and oxygen atoms in total. The van der Waals surface area contributed by atoms with E-state index in [1.54, 1.807) is 6.26 Å². The van der Waals surface area contributed by atoms with Gasteiger partial charge in [0.2, 0.25) is 0 Å². The van der Waals surface area contributed by atoms with Crippen molar-refractivity contribution in [3.8, 4) is 0 Å².